The molecule has 0 radical (unpaired) electrons. The van der Waals surface area contributed by atoms with Crippen LogP contribution in [-0.4, -0.2) is 35.8 Å². The lowest BCUT2D eigenvalue weighted by molar-refractivity contribution is 0.183. The van der Waals surface area contributed by atoms with Crippen LogP contribution in [0.2, 0.25) is 0 Å². The number of nitrogens with zero attached hydrogens (tertiary/aromatic N) is 1. The maximum atomic E-state index is 9.04. The fourth-order valence-corrected chi connectivity index (χ4v) is 2.05. The van der Waals surface area contributed by atoms with Gasteiger partial charge in [0.05, 0.1) is 13.2 Å². The van der Waals surface area contributed by atoms with Crippen molar-refractivity contribution in [3.8, 4) is 5.75 Å². The Bertz CT molecular complexity index is 333. The molecular weight excluding hydrogens is 214 g/mol. The van der Waals surface area contributed by atoms with Crippen molar-refractivity contribution in [2.24, 2.45) is 0 Å². The van der Waals surface area contributed by atoms with E-state index in [1.54, 1.807) is 0 Å². The van der Waals surface area contributed by atoms with Crippen LogP contribution in [0.5, 0.6) is 5.75 Å². The van der Waals surface area contributed by atoms with Gasteiger partial charge in [0, 0.05) is 19.1 Å². The number of aliphatic hydroxyl groups excluding tert-OH is 1. The van der Waals surface area contributed by atoms with Gasteiger partial charge in [-0.05, 0) is 37.5 Å². The van der Waals surface area contributed by atoms with Crippen molar-refractivity contribution in [2.45, 2.75) is 32.4 Å². The highest BCUT2D eigenvalue weighted by Crippen LogP contribution is 2.28. The van der Waals surface area contributed by atoms with Gasteiger partial charge in [0.25, 0.3) is 0 Å². The Hall–Kier alpha value is -1.06. The first-order valence-corrected chi connectivity index (χ1v) is 6.40. The maximum Gasteiger partial charge on any atom is 0.119 e. The number of hydrogen-bond donors (Lipinski definition) is 1. The van der Waals surface area contributed by atoms with Crippen LogP contribution in [0.4, 0.5) is 0 Å². The topological polar surface area (TPSA) is 32.7 Å². The van der Waals surface area contributed by atoms with Crippen molar-refractivity contribution in [1.29, 1.82) is 0 Å². The van der Waals surface area contributed by atoms with Crippen LogP contribution in [-0.2, 0) is 6.54 Å². The molecule has 0 bridgehead atoms. The predicted octanol–water partition coefficient (Wildman–Crippen LogP) is 2.04. The van der Waals surface area contributed by atoms with E-state index in [4.69, 9.17) is 9.84 Å². The average molecular weight is 235 g/mol. The first-order chi connectivity index (χ1) is 8.33. The molecule has 1 saturated carbocycles. The summed E-state index contributed by atoms with van der Waals surface area (Å²) in [5.41, 5.74) is 1.29. The molecule has 0 amide bonds. The highest BCUT2D eigenvalue weighted by molar-refractivity contribution is 5.27. The van der Waals surface area contributed by atoms with E-state index in [9.17, 15) is 0 Å². The van der Waals surface area contributed by atoms with Crippen molar-refractivity contribution in [1.82, 2.24) is 4.90 Å². The second kappa shape index (κ2) is 6.03. The van der Waals surface area contributed by atoms with E-state index < -0.39 is 0 Å². The Morgan fingerprint density at radius 1 is 1.29 bits per heavy atom. The second-order valence-electron chi connectivity index (χ2n) is 4.50. The monoisotopic (exact) mass is 235 g/mol. The van der Waals surface area contributed by atoms with Gasteiger partial charge in [-0.25, -0.2) is 0 Å². The van der Waals surface area contributed by atoms with Crippen molar-refractivity contribution in [3.63, 3.8) is 0 Å². The van der Waals surface area contributed by atoms with Crippen molar-refractivity contribution in [2.75, 3.05) is 19.8 Å². The van der Waals surface area contributed by atoms with E-state index in [-0.39, 0.29) is 6.61 Å². The van der Waals surface area contributed by atoms with Gasteiger partial charge in [-0.3, -0.25) is 4.90 Å². The second-order valence-corrected chi connectivity index (χ2v) is 4.50. The third kappa shape index (κ3) is 3.72. The third-order valence-corrected chi connectivity index (χ3v) is 3.07. The van der Waals surface area contributed by atoms with Gasteiger partial charge in [0.1, 0.15) is 5.75 Å². The molecule has 0 unspecified atom stereocenters. The van der Waals surface area contributed by atoms with E-state index in [1.807, 2.05) is 19.1 Å². The Balaban J connectivity index is 1.92. The molecule has 1 aromatic carbocycles. The molecule has 3 nitrogen and oxygen atoms in total. The van der Waals surface area contributed by atoms with E-state index >= 15 is 0 Å². The SMILES string of the molecule is CCOc1ccc(CN(CCO)C2CC2)cc1. The minimum absolute atomic E-state index is 0.244. The first kappa shape index (κ1) is 12.4. The Morgan fingerprint density at radius 3 is 2.53 bits per heavy atom. The average Bonchev–Trinajstić information content (AvgIpc) is 3.15. The number of ether oxygens (including phenoxy) is 1. The molecule has 1 fully saturated rings. The third-order valence-electron chi connectivity index (χ3n) is 3.07. The standard InChI is InChI=1S/C14H21NO2/c1-2-17-14-7-3-12(4-8-14)11-15(9-10-16)13-5-6-13/h3-4,7-8,13,16H,2,5-6,9-11H2,1H3. The summed E-state index contributed by atoms with van der Waals surface area (Å²) in [6.07, 6.45) is 2.55. The molecule has 0 heterocycles. The normalized spacial score (nSPS) is 15.2. The minimum Gasteiger partial charge on any atom is -0.494 e. The van der Waals surface area contributed by atoms with E-state index in [0.717, 1.165) is 18.8 Å². The predicted molar refractivity (Wildman–Crippen MR) is 68.1 cm³/mol. The first-order valence-electron chi connectivity index (χ1n) is 6.40. The van der Waals surface area contributed by atoms with Gasteiger partial charge in [0.15, 0.2) is 0 Å². The van der Waals surface area contributed by atoms with Crippen LogP contribution in [0, 0.1) is 0 Å². The summed E-state index contributed by atoms with van der Waals surface area (Å²) in [4.78, 5) is 2.36. The zero-order valence-corrected chi connectivity index (χ0v) is 10.4. The zero-order valence-electron chi connectivity index (χ0n) is 10.4. The van der Waals surface area contributed by atoms with Crippen LogP contribution < -0.4 is 4.74 Å². The molecule has 0 aliphatic heterocycles. The van der Waals surface area contributed by atoms with Gasteiger partial charge in [-0.2, -0.15) is 0 Å². The van der Waals surface area contributed by atoms with Gasteiger partial charge >= 0.3 is 0 Å². The largest absolute Gasteiger partial charge is 0.494 e. The molecule has 1 aromatic rings. The summed E-state index contributed by atoms with van der Waals surface area (Å²) in [6.45, 7) is 4.64. The lowest BCUT2D eigenvalue weighted by Gasteiger charge is -2.20. The highest BCUT2D eigenvalue weighted by Gasteiger charge is 2.28. The van der Waals surface area contributed by atoms with Crippen molar-refractivity contribution >= 4 is 0 Å². The van der Waals surface area contributed by atoms with Gasteiger partial charge in [-0.1, -0.05) is 12.1 Å². The summed E-state index contributed by atoms with van der Waals surface area (Å²) in [7, 11) is 0. The van der Waals surface area contributed by atoms with Gasteiger partial charge in [-0.15, -0.1) is 0 Å². The van der Waals surface area contributed by atoms with Crippen LogP contribution in [0.15, 0.2) is 24.3 Å². The summed E-state index contributed by atoms with van der Waals surface area (Å²) >= 11 is 0. The van der Waals surface area contributed by atoms with Gasteiger partial charge < -0.3 is 9.84 Å². The number of benzene rings is 1. The molecule has 17 heavy (non-hydrogen) atoms. The minimum atomic E-state index is 0.244. The summed E-state index contributed by atoms with van der Waals surface area (Å²) in [5.74, 6) is 0.927. The molecule has 0 saturated heterocycles. The van der Waals surface area contributed by atoms with Gasteiger partial charge in [0.2, 0.25) is 0 Å². The van der Waals surface area contributed by atoms with E-state index in [0.29, 0.717) is 12.6 Å². The van der Waals surface area contributed by atoms with Crippen LogP contribution >= 0.6 is 0 Å². The number of hydrogen-bond acceptors (Lipinski definition) is 3. The number of rotatable bonds is 7. The summed E-state index contributed by atoms with van der Waals surface area (Å²) in [6, 6.07) is 8.94. The molecule has 0 spiro atoms. The molecule has 1 aliphatic carbocycles. The molecule has 2 rings (SSSR count). The smallest absolute Gasteiger partial charge is 0.119 e. The fraction of sp³-hybridized carbons (Fsp3) is 0.571. The molecule has 1 aliphatic rings. The van der Waals surface area contributed by atoms with E-state index in [1.165, 1.54) is 18.4 Å². The Kier molecular flexibility index (Phi) is 4.40. The fourth-order valence-electron chi connectivity index (χ4n) is 2.05. The van der Waals surface area contributed by atoms with Crippen LogP contribution in [0.1, 0.15) is 25.3 Å². The van der Waals surface area contributed by atoms with Crippen LogP contribution in [0.3, 0.4) is 0 Å². The lowest BCUT2D eigenvalue weighted by atomic mass is 10.2. The molecular formula is C14H21NO2. The maximum absolute atomic E-state index is 9.04. The molecule has 0 aromatic heterocycles. The summed E-state index contributed by atoms with van der Waals surface area (Å²) in [5, 5.41) is 9.04. The molecule has 0 atom stereocenters. The zero-order chi connectivity index (χ0) is 12.1. The lowest BCUT2D eigenvalue weighted by Crippen LogP contribution is -2.28. The Morgan fingerprint density at radius 2 is 2.00 bits per heavy atom. The number of aliphatic hydroxyl groups is 1. The van der Waals surface area contributed by atoms with Crippen LogP contribution in [0.25, 0.3) is 0 Å². The quantitative estimate of drug-likeness (QED) is 0.785. The summed E-state index contributed by atoms with van der Waals surface area (Å²) < 4.78 is 5.42. The van der Waals surface area contributed by atoms with Crippen molar-refractivity contribution in [3.05, 3.63) is 29.8 Å². The highest BCUT2D eigenvalue weighted by atomic mass is 16.5. The van der Waals surface area contributed by atoms with E-state index in [2.05, 4.69) is 17.0 Å². The molecule has 3 heteroatoms. The molecule has 1 N–H and O–H groups in total. The Labute approximate surface area is 103 Å². The van der Waals surface area contributed by atoms with Crippen molar-refractivity contribution < 1.29 is 9.84 Å². The molecule has 94 valence electrons.